The number of quaternary nitrogens is 1. The zero-order valence-corrected chi connectivity index (χ0v) is 17.3. The summed E-state index contributed by atoms with van der Waals surface area (Å²) in [5.74, 6) is -1.14. The van der Waals surface area contributed by atoms with Gasteiger partial charge in [0.05, 0.1) is 38.2 Å². The Kier molecular flexibility index (Phi) is 5.17. The quantitative estimate of drug-likeness (QED) is 0.363. The number of amides is 1. The molecular weight excluding hydrogens is 384 g/mol. The monoisotopic (exact) mass is 409 g/mol. The summed E-state index contributed by atoms with van der Waals surface area (Å²) in [6, 6.07) is 8.13. The number of imidazole rings is 1. The first-order chi connectivity index (χ1) is 14.4. The first-order valence-corrected chi connectivity index (χ1v) is 9.95. The Hall–Kier alpha value is -3.39. The van der Waals surface area contributed by atoms with Crippen molar-refractivity contribution in [2.24, 2.45) is 0 Å². The zero-order chi connectivity index (χ0) is 21.4. The van der Waals surface area contributed by atoms with Crippen LogP contribution in [-0.2, 0) is 9.59 Å². The molecule has 1 aliphatic heterocycles. The molecule has 1 saturated heterocycles. The fourth-order valence-corrected chi connectivity index (χ4v) is 3.98. The third-order valence-electron chi connectivity index (χ3n) is 5.36. The number of carbonyl (C=O) groups is 2. The van der Waals surface area contributed by atoms with Gasteiger partial charge in [0.2, 0.25) is 0 Å². The second kappa shape index (κ2) is 7.79. The van der Waals surface area contributed by atoms with Gasteiger partial charge in [-0.25, -0.2) is 4.98 Å². The number of furan rings is 1. The number of hydrogen-bond acceptors (Lipinski definition) is 5. The number of nitrogens with zero attached hydrogens (tertiary/aromatic N) is 3. The van der Waals surface area contributed by atoms with Crippen LogP contribution in [0.3, 0.4) is 0 Å². The smallest absolute Gasteiger partial charge is 0.295 e. The predicted octanol–water partition coefficient (Wildman–Crippen LogP) is 1.19. The van der Waals surface area contributed by atoms with Crippen LogP contribution in [0.4, 0.5) is 0 Å². The minimum absolute atomic E-state index is 0.0286. The van der Waals surface area contributed by atoms with E-state index >= 15 is 0 Å². The van der Waals surface area contributed by atoms with E-state index < -0.39 is 17.7 Å². The second-order valence-electron chi connectivity index (χ2n) is 7.79. The Morgan fingerprint density at radius 2 is 2.03 bits per heavy atom. The van der Waals surface area contributed by atoms with Crippen LogP contribution in [0.2, 0.25) is 0 Å². The van der Waals surface area contributed by atoms with Gasteiger partial charge < -0.3 is 19.3 Å². The predicted molar refractivity (Wildman–Crippen MR) is 110 cm³/mol. The van der Waals surface area contributed by atoms with Crippen molar-refractivity contribution in [3.63, 3.8) is 0 Å². The normalized spacial score (nSPS) is 18.8. The second-order valence-corrected chi connectivity index (χ2v) is 7.79. The Balaban J connectivity index is 1.85. The molecule has 2 N–H and O–H groups in total. The number of aliphatic hydroxyl groups is 1. The van der Waals surface area contributed by atoms with Gasteiger partial charge in [-0.15, -0.1) is 0 Å². The molecule has 0 aliphatic carbocycles. The van der Waals surface area contributed by atoms with Gasteiger partial charge >= 0.3 is 0 Å². The maximum Gasteiger partial charge on any atom is 0.295 e. The molecule has 1 amide bonds. The number of aryl methyl sites for hydroxylation is 1. The van der Waals surface area contributed by atoms with E-state index in [9.17, 15) is 14.7 Å². The molecule has 1 fully saturated rings. The van der Waals surface area contributed by atoms with Crippen molar-refractivity contribution in [3.8, 4) is 0 Å². The van der Waals surface area contributed by atoms with E-state index in [0.29, 0.717) is 29.3 Å². The van der Waals surface area contributed by atoms with Crippen molar-refractivity contribution in [2.75, 3.05) is 27.2 Å². The van der Waals surface area contributed by atoms with Crippen LogP contribution in [0, 0.1) is 6.92 Å². The molecule has 0 bridgehead atoms. The lowest BCUT2D eigenvalue weighted by atomic mass is 10.0. The minimum atomic E-state index is -0.772. The van der Waals surface area contributed by atoms with Crippen LogP contribution < -0.4 is 4.90 Å². The number of nitrogens with one attached hydrogen (secondary N) is 1. The molecule has 0 radical (unpaired) electrons. The average Bonchev–Trinajstić information content (AvgIpc) is 3.40. The van der Waals surface area contributed by atoms with Gasteiger partial charge in [-0.2, -0.15) is 0 Å². The molecule has 4 rings (SSSR count). The van der Waals surface area contributed by atoms with Crippen LogP contribution in [-0.4, -0.2) is 58.3 Å². The van der Waals surface area contributed by atoms with Gasteiger partial charge in [-0.3, -0.25) is 14.0 Å². The summed E-state index contributed by atoms with van der Waals surface area (Å²) in [5, 5.41) is 11.3. The maximum atomic E-state index is 13.0. The Morgan fingerprint density at radius 3 is 2.73 bits per heavy atom. The van der Waals surface area contributed by atoms with Crippen molar-refractivity contribution in [3.05, 3.63) is 65.5 Å². The van der Waals surface area contributed by atoms with Gasteiger partial charge in [-0.05, 0) is 31.2 Å². The molecule has 0 saturated carbocycles. The van der Waals surface area contributed by atoms with E-state index in [2.05, 4.69) is 4.98 Å². The Morgan fingerprint density at radius 1 is 1.23 bits per heavy atom. The topological polar surface area (TPSA) is 92.5 Å². The molecule has 3 aromatic heterocycles. The van der Waals surface area contributed by atoms with E-state index in [1.165, 1.54) is 16.1 Å². The lowest BCUT2D eigenvalue weighted by Crippen LogP contribution is -3.05. The molecule has 30 heavy (non-hydrogen) atoms. The molecule has 4 heterocycles. The molecular formula is C22H25N4O4+. The first kappa shape index (κ1) is 19.9. The molecule has 1 aliphatic rings. The number of Topliss-reactive ketones (excluding diaryl/α,β-unsaturated/α-hetero) is 1. The molecule has 156 valence electrons. The highest BCUT2D eigenvalue weighted by Crippen LogP contribution is 2.40. The Labute approximate surface area is 174 Å². The first-order valence-electron chi connectivity index (χ1n) is 9.95. The van der Waals surface area contributed by atoms with E-state index in [-0.39, 0.29) is 11.3 Å². The van der Waals surface area contributed by atoms with E-state index in [1.54, 1.807) is 29.7 Å². The molecule has 1 atom stereocenters. The highest BCUT2D eigenvalue weighted by atomic mass is 16.3. The number of ketones is 1. The van der Waals surface area contributed by atoms with Crippen LogP contribution in [0.1, 0.15) is 29.6 Å². The van der Waals surface area contributed by atoms with Crippen LogP contribution in [0.25, 0.3) is 11.4 Å². The maximum absolute atomic E-state index is 13.0. The minimum Gasteiger partial charge on any atom is -0.505 e. The van der Waals surface area contributed by atoms with E-state index in [4.69, 9.17) is 4.42 Å². The van der Waals surface area contributed by atoms with Crippen molar-refractivity contribution >= 4 is 23.1 Å². The SMILES string of the molecule is Cc1nc2ccccn2c1C(O)=C1C(=O)C(=O)N(CCC[NH+](C)C)[C@@H]1c1ccco1. The fraction of sp³-hybridized carbons (Fsp3) is 0.318. The largest absolute Gasteiger partial charge is 0.505 e. The number of likely N-dealkylation sites (tertiary alicyclic amines) is 1. The number of aliphatic hydroxyl groups excluding tert-OH is 1. The van der Waals surface area contributed by atoms with Gasteiger partial charge in [0.1, 0.15) is 23.1 Å². The van der Waals surface area contributed by atoms with E-state index in [1.807, 2.05) is 32.3 Å². The van der Waals surface area contributed by atoms with Crippen molar-refractivity contribution < 1.29 is 24.0 Å². The molecule has 8 nitrogen and oxygen atoms in total. The lowest BCUT2D eigenvalue weighted by molar-refractivity contribution is -0.858. The van der Waals surface area contributed by atoms with Gasteiger partial charge in [0.25, 0.3) is 11.7 Å². The summed E-state index contributed by atoms with van der Waals surface area (Å²) in [6.45, 7) is 3.00. The lowest BCUT2D eigenvalue weighted by Gasteiger charge is -2.23. The third-order valence-corrected chi connectivity index (χ3v) is 5.36. The molecule has 0 unspecified atom stereocenters. The summed E-state index contributed by atoms with van der Waals surface area (Å²) in [4.78, 5) is 33.1. The van der Waals surface area contributed by atoms with E-state index in [0.717, 1.165) is 13.0 Å². The van der Waals surface area contributed by atoms with Crippen molar-refractivity contribution in [1.29, 1.82) is 0 Å². The summed E-state index contributed by atoms with van der Waals surface area (Å²) >= 11 is 0. The summed E-state index contributed by atoms with van der Waals surface area (Å²) in [6.07, 6.45) is 3.99. The van der Waals surface area contributed by atoms with Crippen molar-refractivity contribution in [2.45, 2.75) is 19.4 Å². The summed E-state index contributed by atoms with van der Waals surface area (Å²) in [5.41, 5.74) is 1.65. The number of fused-ring (bicyclic) bond motifs is 1. The third kappa shape index (κ3) is 3.29. The summed E-state index contributed by atoms with van der Waals surface area (Å²) in [7, 11) is 4.07. The number of rotatable bonds is 6. The van der Waals surface area contributed by atoms with Crippen LogP contribution in [0.15, 0.2) is 52.8 Å². The number of pyridine rings is 1. The summed E-state index contributed by atoms with van der Waals surface area (Å²) < 4.78 is 7.28. The van der Waals surface area contributed by atoms with Crippen molar-refractivity contribution in [1.82, 2.24) is 14.3 Å². The van der Waals surface area contributed by atoms with Gasteiger partial charge in [0, 0.05) is 19.2 Å². The van der Waals surface area contributed by atoms with Crippen LogP contribution in [0.5, 0.6) is 0 Å². The molecule has 8 heteroatoms. The molecule has 0 spiro atoms. The fourth-order valence-electron chi connectivity index (χ4n) is 3.98. The highest BCUT2D eigenvalue weighted by molar-refractivity contribution is 6.46. The average molecular weight is 409 g/mol. The van der Waals surface area contributed by atoms with Gasteiger partial charge in [-0.1, -0.05) is 6.07 Å². The number of carbonyl (C=O) groups excluding carboxylic acids is 2. The standard InChI is InChI=1S/C22H24N4O4/c1-14-18(25-11-5-4-9-16(25)23-14)20(27)17-19(15-8-6-13-30-15)26(22(29)21(17)28)12-7-10-24(2)3/h4-6,8-9,11,13,19,27H,7,10,12H2,1-3H3/p+1/t19-/m1/s1. The molecule has 3 aromatic rings. The molecule has 0 aromatic carbocycles. The Bertz CT molecular complexity index is 1130. The van der Waals surface area contributed by atoms with Crippen LogP contribution >= 0.6 is 0 Å². The number of aromatic nitrogens is 2. The zero-order valence-electron chi connectivity index (χ0n) is 17.3. The highest BCUT2D eigenvalue weighted by Gasteiger charge is 2.47. The van der Waals surface area contributed by atoms with Gasteiger partial charge in [0.15, 0.2) is 5.76 Å². The number of hydrogen-bond donors (Lipinski definition) is 2.